The van der Waals surface area contributed by atoms with Gasteiger partial charge in [0.05, 0.1) is 6.61 Å². The van der Waals surface area contributed by atoms with Crippen LogP contribution in [0.1, 0.15) is 23.7 Å². The van der Waals surface area contributed by atoms with Gasteiger partial charge in [0.1, 0.15) is 17.6 Å². The van der Waals surface area contributed by atoms with Crippen LogP contribution < -0.4 is 10.1 Å². The number of benzene rings is 1. The molecular weight excluding hydrogens is 252 g/mol. The largest absolute Gasteiger partial charge is 0.494 e. The molecule has 102 valence electrons. The van der Waals surface area contributed by atoms with Crippen molar-refractivity contribution in [2.75, 3.05) is 11.9 Å². The van der Waals surface area contributed by atoms with Gasteiger partial charge in [-0.15, -0.1) is 10.2 Å². The van der Waals surface area contributed by atoms with Crippen molar-refractivity contribution < 1.29 is 4.74 Å². The first-order valence-electron chi connectivity index (χ1n) is 6.43. The van der Waals surface area contributed by atoms with Crippen LogP contribution in [-0.4, -0.2) is 16.8 Å². The van der Waals surface area contributed by atoms with Gasteiger partial charge in [0.15, 0.2) is 5.69 Å². The lowest BCUT2D eigenvalue weighted by Crippen LogP contribution is -2.05. The Morgan fingerprint density at radius 3 is 2.75 bits per heavy atom. The molecule has 2 rings (SSSR count). The average molecular weight is 268 g/mol. The van der Waals surface area contributed by atoms with E-state index in [1.807, 2.05) is 38.1 Å². The zero-order valence-corrected chi connectivity index (χ0v) is 11.6. The monoisotopic (exact) mass is 268 g/mol. The first kappa shape index (κ1) is 13.8. The Morgan fingerprint density at radius 1 is 1.25 bits per heavy atom. The van der Waals surface area contributed by atoms with Crippen molar-refractivity contribution in [1.82, 2.24) is 10.2 Å². The zero-order chi connectivity index (χ0) is 14.4. The van der Waals surface area contributed by atoms with Crippen LogP contribution in [0.15, 0.2) is 30.3 Å². The molecule has 2 aromatic rings. The maximum atomic E-state index is 8.67. The number of aryl methyl sites for hydroxylation is 1. The highest BCUT2D eigenvalue weighted by atomic mass is 16.5. The molecule has 0 aliphatic rings. The molecule has 0 saturated carbocycles. The van der Waals surface area contributed by atoms with Gasteiger partial charge in [-0.25, -0.2) is 0 Å². The summed E-state index contributed by atoms with van der Waals surface area (Å²) in [6.45, 7) is 5.22. The minimum Gasteiger partial charge on any atom is -0.494 e. The molecule has 0 amide bonds. The molecule has 0 spiro atoms. The standard InChI is InChI=1S/C15H16N4O/c1-3-20-14-8-11(2)4-5-12(14)10-17-15-7-6-13(9-16)18-19-15/h4-8H,3,10H2,1-2H3,(H,17,19). The molecule has 1 aromatic carbocycles. The third-order valence-corrected chi connectivity index (χ3v) is 2.76. The van der Waals surface area contributed by atoms with Gasteiger partial charge in [0, 0.05) is 12.1 Å². The van der Waals surface area contributed by atoms with Crippen LogP contribution in [0.4, 0.5) is 5.82 Å². The molecule has 1 aromatic heterocycles. The van der Waals surface area contributed by atoms with Crippen LogP contribution in [0, 0.1) is 18.3 Å². The second-order valence-corrected chi connectivity index (χ2v) is 4.31. The van der Waals surface area contributed by atoms with Crippen molar-refractivity contribution in [2.24, 2.45) is 0 Å². The molecule has 1 heterocycles. The molecule has 0 bridgehead atoms. The summed E-state index contributed by atoms with van der Waals surface area (Å²) in [5.41, 5.74) is 2.53. The number of hydrogen-bond donors (Lipinski definition) is 1. The molecule has 1 N–H and O–H groups in total. The van der Waals surface area contributed by atoms with Gasteiger partial charge in [-0.1, -0.05) is 12.1 Å². The van der Waals surface area contributed by atoms with Crippen molar-refractivity contribution in [1.29, 1.82) is 5.26 Å². The maximum Gasteiger partial charge on any atom is 0.163 e. The fourth-order valence-electron chi connectivity index (χ4n) is 1.77. The summed E-state index contributed by atoms with van der Waals surface area (Å²) in [5, 5.41) is 19.5. The highest BCUT2D eigenvalue weighted by molar-refractivity contribution is 5.41. The molecule has 5 nitrogen and oxygen atoms in total. The number of nitriles is 1. The first-order valence-corrected chi connectivity index (χ1v) is 6.43. The van der Waals surface area contributed by atoms with Gasteiger partial charge in [0.25, 0.3) is 0 Å². The normalized spacial score (nSPS) is 9.85. The quantitative estimate of drug-likeness (QED) is 0.902. The van der Waals surface area contributed by atoms with E-state index in [0.29, 0.717) is 24.7 Å². The third-order valence-electron chi connectivity index (χ3n) is 2.76. The Hall–Kier alpha value is -2.61. The lowest BCUT2D eigenvalue weighted by Gasteiger charge is -2.12. The van der Waals surface area contributed by atoms with Crippen LogP contribution in [0.25, 0.3) is 0 Å². The molecule has 0 radical (unpaired) electrons. The van der Waals surface area contributed by atoms with E-state index in [-0.39, 0.29) is 0 Å². The highest BCUT2D eigenvalue weighted by Crippen LogP contribution is 2.21. The minimum absolute atomic E-state index is 0.306. The fourth-order valence-corrected chi connectivity index (χ4v) is 1.77. The predicted octanol–water partition coefficient (Wildman–Crippen LogP) is 2.67. The van der Waals surface area contributed by atoms with Crippen LogP contribution in [0.2, 0.25) is 0 Å². The van der Waals surface area contributed by atoms with Crippen LogP contribution in [0.3, 0.4) is 0 Å². The number of aromatic nitrogens is 2. The summed E-state index contributed by atoms with van der Waals surface area (Å²) >= 11 is 0. The number of rotatable bonds is 5. The topological polar surface area (TPSA) is 70.8 Å². The molecular formula is C15H16N4O. The summed E-state index contributed by atoms with van der Waals surface area (Å²) in [6.07, 6.45) is 0. The smallest absolute Gasteiger partial charge is 0.163 e. The second-order valence-electron chi connectivity index (χ2n) is 4.31. The van der Waals surface area contributed by atoms with E-state index in [1.54, 1.807) is 12.1 Å². The number of nitrogens with zero attached hydrogens (tertiary/aromatic N) is 3. The third kappa shape index (κ3) is 3.45. The van der Waals surface area contributed by atoms with E-state index in [2.05, 4.69) is 15.5 Å². The van der Waals surface area contributed by atoms with E-state index in [0.717, 1.165) is 16.9 Å². The maximum absolute atomic E-state index is 8.67. The lowest BCUT2D eigenvalue weighted by molar-refractivity contribution is 0.336. The van der Waals surface area contributed by atoms with Crippen LogP contribution >= 0.6 is 0 Å². The summed E-state index contributed by atoms with van der Waals surface area (Å²) in [4.78, 5) is 0. The van der Waals surface area contributed by atoms with E-state index >= 15 is 0 Å². The molecule has 20 heavy (non-hydrogen) atoms. The lowest BCUT2D eigenvalue weighted by atomic mass is 10.1. The van der Waals surface area contributed by atoms with Gasteiger partial charge in [-0.3, -0.25) is 0 Å². The number of anilines is 1. The highest BCUT2D eigenvalue weighted by Gasteiger charge is 2.04. The van der Waals surface area contributed by atoms with Gasteiger partial charge in [-0.05, 0) is 37.6 Å². The SMILES string of the molecule is CCOc1cc(C)ccc1CNc1ccc(C#N)nn1. The Labute approximate surface area is 118 Å². The fraction of sp³-hybridized carbons (Fsp3) is 0.267. The number of nitrogens with one attached hydrogen (secondary N) is 1. The van der Waals surface area contributed by atoms with Gasteiger partial charge in [-0.2, -0.15) is 5.26 Å². The van der Waals surface area contributed by atoms with Gasteiger partial charge >= 0.3 is 0 Å². The molecule has 5 heteroatoms. The first-order chi connectivity index (χ1) is 9.72. The summed E-state index contributed by atoms with van der Waals surface area (Å²) in [7, 11) is 0. The van der Waals surface area contributed by atoms with Crippen LogP contribution in [0.5, 0.6) is 5.75 Å². The Kier molecular flexibility index (Phi) is 4.51. The minimum atomic E-state index is 0.306. The van der Waals surface area contributed by atoms with E-state index in [9.17, 15) is 0 Å². The molecule has 0 aliphatic heterocycles. The zero-order valence-electron chi connectivity index (χ0n) is 11.6. The number of hydrogen-bond acceptors (Lipinski definition) is 5. The Morgan fingerprint density at radius 2 is 2.10 bits per heavy atom. The molecule has 0 atom stereocenters. The van der Waals surface area contributed by atoms with Crippen molar-refractivity contribution >= 4 is 5.82 Å². The van der Waals surface area contributed by atoms with Gasteiger partial charge in [0.2, 0.25) is 0 Å². The predicted molar refractivity (Wildman–Crippen MR) is 76.4 cm³/mol. The van der Waals surface area contributed by atoms with E-state index in [1.165, 1.54) is 0 Å². The number of ether oxygens (including phenoxy) is 1. The summed E-state index contributed by atoms with van der Waals surface area (Å²) < 4.78 is 5.62. The molecule has 0 unspecified atom stereocenters. The summed E-state index contributed by atoms with van der Waals surface area (Å²) in [6, 6.07) is 11.4. The van der Waals surface area contributed by atoms with Crippen molar-refractivity contribution in [3.05, 3.63) is 47.2 Å². The Balaban J connectivity index is 2.08. The molecule has 0 fully saturated rings. The second kappa shape index (κ2) is 6.53. The van der Waals surface area contributed by atoms with Crippen molar-refractivity contribution in [3.8, 4) is 11.8 Å². The van der Waals surface area contributed by atoms with Gasteiger partial charge < -0.3 is 10.1 Å². The van der Waals surface area contributed by atoms with Crippen LogP contribution in [-0.2, 0) is 6.54 Å². The molecule has 0 saturated heterocycles. The van der Waals surface area contributed by atoms with Crippen molar-refractivity contribution in [3.63, 3.8) is 0 Å². The Bertz CT molecular complexity index is 617. The van der Waals surface area contributed by atoms with Crippen molar-refractivity contribution in [2.45, 2.75) is 20.4 Å². The van der Waals surface area contributed by atoms with E-state index < -0.39 is 0 Å². The average Bonchev–Trinajstić information content (AvgIpc) is 2.47. The van der Waals surface area contributed by atoms with E-state index in [4.69, 9.17) is 10.00 Å². The molecule has 0 aliphatic carbocycles. The summed E-state index contributed by atoms with van der Waals surface area (Å²) in [5.74, 6) is 1.51.